The lowest BCUT2D eigenvalue weighted by Gasteiger charge is -2.08. The molecule has 0 bridgehead atoms. The van der Waals surface area contributed by atoms with Crippen molar-refractivity contribution in [2.45, 2.75) is 6.43 Å². The maximum atomic E-state index is 12.4. The largest absolute Gasteiger partial charge is 0.364 e. The monoisotopic (exact) mass is 246 g/mol. The van der Waals surface area contributed by atoms with Crippen LogP contribution in [0.4, 0.5) is 19.0 Å². The predicted octanol–water partition coefficient (Wildman–Crippen LogP) is 1.11. The van der Waals surface area contributed by atoms with Gasteiger partial charge in [-0.15, -0.1) is 10.2 Å². The summed E-state index contributed by atoms with van der Waals surface area (Å²) in [6.07, 6.45) is -2.17. The summed E-state index contributed by atoms with van der Waals surface area (Å²) in [5.41, 5.74) is 4.21. The number of nitrogens with zero attached hydrogens (tertiary/aromatic N) is 2. The molecule has 1 aromatic rings. The van der Waals surface area contributed by atoms with Crippen LogP contribution in [0.3, 0.4) is 0 Å². The van der Waals surface area contributed by atoms with Crippen LogP contribution in [0.1, 0.15) is 10.5 Å². The summed E-state index contributed by atoms with van der Waals surface area (Å²) in [6.45, 7) is -1.03. The van der Waals surface area contributed by atoms with Crippen LogP contribution < -0.4 is 11.1 Å². The Morgan fingerprint density at radius 2 is 2.18 bits per heavy atom. The zero-order valence-electron chi connectivity index (χ0n) is 8.53. The third kappa shape index (κ3) is 3.74. The van der Waals surface area contributed by atoms with E-state index in [4.69, 9.17) is 5.73 Å². The van der Waals surface area contributed by atoms with Crippen molar-refractivity contribution >= 4 is 11.7 Å². The summed E-state index contributed by atoms with van der Waals surface area (Å²) in [7, 11) is 0. The van der Waals surface area contributed by atoms with Crippen molar-refractivity contribution in [1.82, 2.24) is 10.2 Å². The van der Waals surface area contributed by atoms with Gasteiger partial charge in [0.05, 0.1) is 5.70 Å². The molecule has 92 valence electrons. The second-order valence-corrected chi connectivity index (χ2v) is 2.91. The Morgan fingerprint density at radius 1 is 1.47 bits per heavy atom. The number of halogens is 3. The Hall–Kier alpha value is -2.12. The van der Waals surface area contributed by atoms with E-state index in [0.29, 0.717) is 6.08 Å². The van der Waals surface area contributed by atoms with Crippen LogP contribution in [0.2, 0.25) is 0 Å². The lowest BCUT2D eigenvalue weighted by Crippen LogP contribution is -2.15. The summed E-state index contributed by atoms with van der Waals surface area (Å²) < 4.78 is 36.6. The first-order valence-electron chi connectivity index (χ1n) is 4.49. The molecule has 0 saturated heterocycles. The number of nitrogens with two attached hydrogens (primary N) is 1. The molecule has 0 aromatic carbocycles. The van der Waals surface area contributed by atoms with E-state index in [1.165, 1.54) is 12.1 Å². The third-order valence-electron chi connectivity index (χ3n) is 1.72. The van der Waals surface area contributed by atoms with Crippen molar-refractivity contribution in [1.29, 1.82) is 0 Å². The molecule has 0 aliphatic carbocycles. The minimum absolute atomic E-state index is 0.0324. The van der Waals surface area contributed by atoms with E-state index in [2.05, 4.69) is 15.5 Å². The standard InChI is InChI=1S/C9H9F3N4O/c10-4-3-5(8(11)12)14-7-2-1-6(9(13)17)15-16-7/h1-3,8H,4H2,(H2,13,17)(H,14,16). The van der Waals surface area contributed by atoms with E-state index >= 15 is 0 Å². The predicted molar refractivity (Wildman–Crippen MR) is 54.2 cm³/mol. The minimum Gasteiger partial charge on any atom is -0.364 e. The summed E-state index contributed by atoms with van der Waals surface area (Å²) in [6, 6.07) is 2.46. The number of carbonyl (C=O) groups is 1. The molecule has 0 aliphatic heterocycles. The molecule has 0 saturated carbocycles. The Bertz CT molecular complexity index is 419. The molecule has 1 aromatic heterocycles. The number of allylic oxidation sites excluding steroid dienone is 2. The van der Waals surface area contributed by atoms with E-state index in [0.717, 1.165) is 0 Å². The molecule has 0 unspecified atom stereocenters. The molecule has 1 rings (SSSR count). The van der Waals surface area contributed by atoms with Crippen molar-refractivity contribution < 1.29 is 18.0 Å². The lowest BCUT2D eigenvalue weighted by atomic mass is 10.3. The molecule has 1 heterocycles. The second-order valence-electron chi connectivity index (χ2n) is 2.91. The summed E-state index contributed by atoms with van der Waals surface area (Å²) in [5.74, 6) is -0.813. The number of amides is 1. The SMILES string of the molecule is NC(=O)c1ccc(NC(=CCF)C(F)F)nn1. The van der Waals surface area contributed by atoms with Crippen LogP contribution in [0, 0.1) is 0 Å². The Morgan fingerprint density at radius 3 is 2.59 bits per heavy atom. The quantitative estimate of drug-likeness (QED) is 0.815. The molecule has 5 nitrogen and oxygen atoms in total. The van der Waals surface area contributed by atoms with E-state index < -0.39 is 24.7 Å². The first-order chi connectivity index (χ1) is 8.04. The highest BCUT2D eigenvalue weighted by Crippen LogP contribution is 2.12. The summed E-state index contributed by atoms with van der Waals surface area (Å²) >= 11 is 0. The fourth-order valence-corrected chi connectivity index (χ4v) is 0.956. The highest BCUT2D eigenvalue weighted by molar-refractivity contribution is 5.90. The van der Waals surface area contributed by atoms with Gasteiger partial charge in [-0.05, 0) is 18.2 Å². The number of alkyl halides is 3. The van der Waals surface area contributed by atoms with Crippen LogP contribution >= 0.6 is 0 Å². The van der Waals surface area contributed by atoms with Crippen molar-refractivity contribution in [2.75, 3.05) is 12.0 Å². The van der Waals surface area contributed by atoms with Gasteiger partial charge in [0.25, 0.3) is 12.3 Å². The van der Waals surface area contributed by atoms with Crippen LogP contribution in [-0.2, 0) is 0 Å². The van der Waals surface area contributed by atoms with Gasteiger partial charge < -0.3 is 11.1 Å². The van der Waals surface area contributed by atoms with Gasteiger partial charge >= 0.3 is 0 Å². The Labute approximate surface area is 94.5 Å². The number of nitrogens with one attached hydrogen (secondary N) is 1. The zero-order valence-corrected chi connectivity index (χ0v) is 8.53. The average Bonchev–Trinajstić information content (AvgIpc) is 2.29. The molecule has 3 N–H and O–H groups in total. The van der Waals surface area contributed by atoms with Crippen LogP contribution in [0.5, 0.6) is 0 Å². The summed E-state index contributed by atoms with van der Waals surface area (Å²) in [4.78, 5) is 10.7. The Kier molecular flexibility index (Phi) is 4.44. The van der Waals surface area contributed by atoms with Gasteiger partial charge in [0, 0.05) is 0 Å². The number of primary amides is 1. The second kappa shape index (κ2) is 5.83. The average molecular weight is 246 g/mol. The van der Waals surface area contributed by atoms with Crippen LogP contribution in [-0.4, -0.2) is 29.2 Å². The topological polar surface area (TPSA) is 80.9 Å². The molecule has 0 fully saturated rings. The number of aromatic nitrogens is 2. The van der Waals surface area contributed by atoms with Gasteiger partial charge in [-0.3, -0.25) is 4.79 Å². The number of rotatable bonds is 5. The maximum absolute atomic E-state index is 12.4. The van der Waals surface area contributed by atoms with E-state index in [1.807, 2.05) is 0 Å². The minimum atomic E-state index is -2.86. The third-order valence-corrected chi connectivity index (χ3v) is 1.72. The molecular weight excluding hydrogens is 237 g/mol. The van der Waals surface area contributed by atoms with Crippen LogP contribution in [0.25, 0.3) is 0 Å². The van der Waals surface area contributed by atoms with Crippen molar-refractivity contribution in [3.63, 3.8) is 0 Å². The Balaban J connectivity index is 2.81. The molecule has 17 heavy (non-hydrogen) atoms. The van der Waals surface area contributed by atoms with Gasteiger partial charge in [0.15, 0.2) is 11.5 Å². The molecule has 0 spiro atoms. The molecule has 1 amide bonds. The van der Waals surface area contributed by atoms with E-state index in [9.17, 15) is 18.0 Å². The number of anilines is 1. The fourth-order valence-electron chi connectivity index (χ4n) is 0.956. The van der Waals surface area contributed by atoms with Crippen LogP contribution in [0.15, 0.2) is 23.9 Å². The smallest absolute Gasteiger partial charge is 0.278 e. The van der Waals surface area contributed by atoms with Gasteiger partial charge in [-0.1, -0.05) is 0 Å². The molecule has 0 radical (unpaired) electrons. The van der Waals surface area contributed by atoms with Crippen molar-refractivity contribution in [3.05, 3.63) is 29.6 Å². The number of hydrogen-bond donors (Lipinski definition) is 2. The van der Waals surface area contributed by atoms with Gasteiger partial charge in [0.1, 0.15) is 6.67 Å². The van der Waals surface area contributed by atoms with Crippen molar-refractivity contribution in [2.24, 2.45) is 5.73 Å². The molecular formula is C9H9F3N4O. The first kappa shape index (κ1) is 12.9. The number of carbonyl (C=O) groups excluding carboxylic acids is 1. The van der Waals surface area contributed by atoms with E-state index in [1.54, 1.807) is 0 Å². The highest BCUT2D eigenvalue weighted by atomic mass is 19.3. The van der Waals surface area contributed by atoms with Gasteiger partial charge in [-0.2, -0.15) is 0 Å². The lowest BCUT2D eigenvalue weighted by molar-refractivity contribution is 0.0994. The maximum Gasteiger partial charge on any atom is 0.278 e. The van der Waals surface area contributed by atoms with E-state index in [-0.39, 0.29) is 11.5 Å². The highest BCUT2D eigenvalue weighted by Gasteiger charge is 2.12. The fraction of sp³-hybridized carbons (Fsp3) is 0.222. The van der Waals surface area contributed by atoms with Gasteiger partial charge in [0.2, 0.25) is 0 Å². The number of hydrogen-bond acceptors (Lipinski definition) is 4. The molecule has 8 heteroatoms. The molecule has 0 atom stereocenters. The van der Waals surface area contributed by atoms with Crippen molar-refractivity contribution in [3.8, 4) is 0 Å². The van der Waals surface area contributed by atoms with Gasteiger partial charge in [-0.25, -0.2) is 13.2 Å². The summed E-state index contributed by atoms with van der Waals surface area (Å²) in [5, 5.41) is 9.03. The zero-order chi connectivity index (χ0) is 12.8. The normalized spacial score (nSPS) is 11.6. The first-order valence-corrected chi connectivity index (χ1v) is 4.49. The molecule has 0 aliphatic rings.